The molecule has 1 saturated heterocycles. The number of amides is 1. The molecule has 128 valence electrons. The predicted octanol–water partition coefficient (Wildman–Crippen LogP) is 0.251. The molecular weight excluding hydrogens is 308 g/mol. The van der Waals surface area contributed by atoms with Crippen LogP contribution >= 0.6 is 0 Å². The van der Waals surface area contributed by atoms with Gasteiger partial charge in [-0.05, 0) is 25.5 Å². The van der Waals surface area contributed by atoms with Crippen molar-refractivity contribution in [3.63, 3.8) is 0 Å². The van der Waals surface area contributed by atoms with E-state index in [-0.39, 0.29) is 17.5 Å². The van der Waals surface area contributed by atoms with Crippen molar-refractivity contribution in [1.82, 2.24) is 30.0 Å². The minimum Gasteiger partial charge on any atom is -0.349 e. The van der Waals surface area contributed by atoms with Crippen molar-refractivity contribution in [2.75, 3.05) is 19.6 Å². The fourth-order valence-corrected chi connectivity index (χ4v) is 3.05. The lowest BCUT2D eigenvalue weighted by molar-refractivity contribution is 0.0905. The SMILES string of the molecule is O=C(NCC1CCCCN1CCn1ncccc1=O)c1cnc[nH]1. The first kappa shape index (κ1) is 16.4. The number of nitrogens with zero attached hydrogens (tertiary/aromatic N) is 4. The van der Waals surface area contributed by atoms with Gasteiger partial charge in [0, 0.05) is 31.4 Å². The number of hydrogen-bond donors (Lipinski definition) is 2. The molecule has 3 rings (SSSR count). The lowest BCUT2D eigenvalue weighted by atomic mass is 10.0. The highest BCUT2D eigenvalue weighted by Crippen LogP contribution is 2.16. The second-order valence-electron chi connectivity index (χ2n) is 5.95. The lowest BCUT2D eigenvalue weighted by Crippen LogP contribution is -2.48. The van der Waals surface area contributed by atoms with Gasteiger partial charge in [-0.2, -0.15) is 5.10 Å². The Morgan fingerprint density at radius 2 is 2.29 bits per heavy atom. The minimum absolute atomic E-state index is 0.0846. The molecule has 0 saturated carbocycles. The number of nitrogens with one attached hydrogen (secondary N) is 2. The second-order valence-corrected chi connectivity index (χ2v) is 5.95. The van der Waals surface area contributed by atoms with Gasteiger partial charge in [-0.3, -0.25) is 14.5 Å². The van der Waals surface area contributed by atoms with Crippen LogP contribution in [0.2, 0.25) is 0 Å². The van der Waals surface area contributed by atoms with Crippen molar-refractivity contribution < 1.29 is 4.79 Å². The van der Waals surface area contributed by atoms with Gasteiger partial charge in [-0.25, -0.2) is 9.67 Å². The first-order chi connectivity index (χ1) is 11.7. The van der Waals surface area contributed by atoms with Gasteiger partial charge in [0.1, 0.15) is 5.69 Å². The van der Waals surface area contributed by atoms with Crippen molar-refractivity contribution in [1.29, 1.82) is 0 Å². The van der Waals surface area contributed by atoms with Gasteiger partial charge in [0.15, 0.2) is 0 Å². The third-order valence-electron chi connectivity index (χ3n) is 4.37. The fourth-order valence-electron chi connectivity index (χ4n) is 3.05. The number of piperidine rings is 1. The van der Waals surface area contributed by atoms with E-state index in [1.807, 2.05) is 0 Å². The van der Waals surface area contributed by atoms with Gasteiger partial charge in [0.05, 0.1) is 19.1 Å². The number of hydrogen-bond acceptors (Lipinski definition) is 5. The number of aromatic amines is 1. The average Bonchev–Trinajstić information content (AvgIpc) is 3.14. The highest BCUT2D eigenvalue weighted by atomic mass is 16.2. The Morgan fingerprint density at radius 1 is 1.38 bits per heavy atom. The highest BCUT2D eigenvalue weighted by molar-refractivity contribution is 5.91. The highest BCUT2D eigenvalue weighted by Gasteiger charge is 2.23. The number of aromatic nitrogens is 4. The Hall–Kier alpha value is -2.48. The van der Waals surface area contributed by atoms with E-state index in [0.29, 0.717) is 18.8 Å². The first-order valence-electron chi connectivity index (χ1n) is 8.27. The smallest absolute Gasteiger partial charge is 0.269 e. The molecule has 1 aliphatic rings. The summed E-state index contributed by atoms with van der Waals surface area (Å²) in [6.45, 7) is 2.88. The van der Waals surface area contributed by atoms with Gasteiger partial charge in [0.2, 0.25) is 0 Å². The van der Waals surface area contributed by atoms with Gasteiger partial charge in [-0.1, -0.05) is 6.42 Å². The molecular formula is C16H22N6O2. The molecule has 1 amide bonds. The van der Waals surface area contributed by atoms with Crippen molar-refractivity contribution in [3.8, 4) is 0 Å². The van der Waals surface area contributed by atoms with E-state index in [1.165, 1.54) is 23.3 Å². The molecule has 0 aliphatic carbocycles. The van der Waals surface area contributed by atoms with E-state index in [9.17, 15) is 9.59 Å². The summed E-state index contributed by atoms with van der Waals surface area (Å²) in [7, 11) is 0. The summed E-state index contributed by atoms with van der Waals surface area (Å²) in [4.78, 5) is 32.8. The Labute approximate surface area is 139 Å². The maximum Gasteiger partial charge on any atom is 0.269 e. The number of H-pyrrole nitrogens is 1. The van der Waals surface area contributed by atoms with Crippen LogP contribution in [0.25, 0.3) is 0 Å². The number of imidazole rings is 1. The van der Waals surface area contributed by atoms with Crippen LogP contribution in [0.5, 0.6) is 0 Å². The second kappa shape index (κ2) is 7.87. The maximum absolute atomic E-state index is 12.0. The topological polar surface area (TPSA) is 95.9 Å². The summed E-state index contributed by atoms with van der Waals surface area (Å²) >= 11 is 0. The molecule has 0 spiro atoms. The third-order valence-corrected chi connectivity index (χ3v) is 4.37. The van der Waals surface area contributed by atoms with E-state index >= 15 is 0 Å². The van der Waals surface area contributed by atoms with Crippen molar-refractivity contribution >= 4 is 5.91 Å². The fraction of sp³-hybridized carbons (Fsp3) is 0.500. The monoisotopic (exact) mass is 330 g/mol. The Kier molecular flexibility index (Phi) is 5.37. The lowest BCUT2D eigenvalue weighted by Gasteiger charge is -2.35. The summed E-state index contributed by atoms with van der Waals surface area (Å²) in [6, 6.07) is 3.45. The molecule has 2 aromatic heterocycles. The molecule has 1 unspecified atom stereocenters. The summed E-state index contributed by atoms with van der Waals surface area (Å²) in [5, 5.41) is 7.05. The van der Waals surface area contributed by atoms with Crippen LogP contribution < -0.4 is 10.9 Å². The van der Waals surface area contributed by atoms with Crippen molar-refractivity contribution in [2.45, 2.75) is 31.8 Å². The largest absolute Gasteiger partial charge is 0.349 e. The molecule has 3 heterocycles. The molecule has 1 fully saturated rings. The minimum atomic E-state index is -0.140. The van der Waals surface area contributed by atoms with Gasteiger partial charge < -0.3 is 10.3 Å². The van der Waals surface area contributed by atoms with Crippen LogP contribution in [0.4, 0.5) is 0 Å². The predicted molar refractivity (Wildman–Crippen MR) is 88.6 cm³/mol. The van der Waals surface area contributed by atoms with Crippen LogP contribution in [0.15, 0.2) is 35.6 Å². The van der Waals surface area contributed by atoms with Gasteiger partial charge in [-0.15, -0.1) is 0 Å². The number of rotatable bonds is 6. The third kappa shape index (κ3) is 4.08. The summed E-state index contributed by atoms with van der Waals surface area (Å²) in [5.74, 6) is -0.140. The van der Waals surface area contributed by atoms with Gasteiger partial charge in [0.25, 0.3) is 11.5 Å². The van der Waals surface area contributed by atoms with Crippen LogP contribution in [-0.4, -0.2) is 56.2 Å². The van der Waals surface area contributed by atoms with E-state index in [2.05, 4.69) is 25.3 Å². The van der Waals surface area contributed by atoms with Crippen molar-refractivity contribution in [3.05, 3.63) is 46.9 Å². The normalized spacial score (nSPS) is 18.4. The van der Waals surface area contributed by atoms with E-state index in [1.54, 1.807) is 12.3 Å². The number of likely N-dealkylation sites (tertiary alicyclic amines) is 1. The van der Waals surface area contributed by atoms with Crippen LogP contribution in [0, 0.1) is 0 Å². The Bertz CT molecular complexity index is 711. The molecule has 8 nitrogen and oxygen atoms in total. The van der Waals surface area contributed by atoms with Crippen LogP contribution in [-0.2, 0) is 6.54 Å². The van der Waals surface area contributed by atoms with E-state index < -0.39 is 0 Å². The molecule has 2 aromatic rings. The Morgan fingerprint density at radius 3 is 3.08 bits per heavy atom. The molecule has 1 aliphatic heterocycles. The summed E-state index contributed by atoms with van der Waals surface area (Å²) in [6.07, 6.45) is 7.97. The number of carbonyl (C=O) groups excluding carboxylic acids is 1. The van der Waals surface area contributed by atoms with Crippen LogP contribution in [0.3, 0.4) is 0 Å². The maximum atomic E-state index is 12.0. The molecule has 0 bridgehead atoms. The Balaban J connectivity index is 1.54. The molecule has 0 radical (unpaired) electrons. The first-order valence-corrected chi connectivity index (χ1v) is 8.27. The summed E-state index contributed by atoms with van der Waals surface area (Å²) in [5.41, 5.74) is 0.385. The molecule has 2 N–H and O–H groups in total. The zero-order chi connectivity index (χ0) is 16.8. The summed E-state index contributed by atoms with van der Waals surface area (Å²) < 4.78 is 1.48. The zero-order valence-electron chi connectivity index (χ0n) is 13.5. The molecule has 8 heteroatoms. The van der Waals surface area contributed by atoms with E-state index in [0.717, 1.165) is 32.4 Å². The quantitative estimate of drug-likeness (QED) is 0.791. The van der Waals surface area contributed by atoms with Crippen LogP contribution in [0.1, 0.15) is 29.8 Å². The molecule has 24 heavy (non-hydrogen) atoms. The standard InChI is InChI=1S/C16H22N6O2/c23-15-5-3-6-20-22(15)9-8-21-7-2-1-4-13(21)10-18-16(24)14-11-17-12-19-14/h3,5-6,11-13H,1-2,4,7-10H2,(H,17,19)(H,18,24). The number of carbonyl (C=O) groups is 1. The van der Waals surface area contributed by atoms with E-state index in [4.69, 9.17) is 0 Å². The average molecular weight is 330 g/mol. The molecule has 1 atom stereocenters. The van der Waals surface area contributed by atoms with Crippen molar-refractivity contribution in [2.24, 2.45) is 0 Å². The van der Waals surface area contributed by atoms with Gasteiger partial charge >= 0.3 is 0 Å². The zero-order valence-corrected chi connectivity index (χ0v) is 13.5. The molecule has 0 aromatic carbocycles.